The molecule has 2 aromatic carbocycles. The predicted octanol–water partition coefficient (Wildman–Crippen LogP) is 4.81. The number of amides is 2. The van der Waals surface area contributed by atoms with E-state index in [0.717, 1.165) is 42.4 Å². The largest absolute Gasteiger partial charge is 0.348 e. The molecule has 3 atom stereocenters. The van der Waals surface area contributed by atoms with Crippen molar-refractivity contribution >= 4 is 23.4 Å². The summed E-state index contributed by atoms with van der Waals surface area (Å²) in [7, 11) is 0. The van der Waals surface area contributed by atoms with Crippen molar-refractivity contribution in [1.29, 1.82) is 0 Å². The van der Waals surface area contributed by atoms with Crippen LogP contribution in [0.5, 0.6) is 0 Å². The number of alkyl halides is 1. The molecule has 0 aliphatic heterocycles. The Morgan fingerprint density at radius 3 is 1.77 bits per heavy atom. The summed E-state index contributed by atoms with van der Waals surface area (Å²) in [5.41, 5.74) is 3.29. The molecule has 0 spiro atoms. The van der Waals surface area contributed by atoms with E-state index in [1.165, 1.54) is 0 Å². The molecular weight excluding hydrogens is 510 g/mol. The maximum Gasteiger partial charge on any atom is 0.234 e. The standard InChI is InChI=1S/C31H38ClN5O2/c1-22-17-33-37(18-22)27(16-32)19-36(20-28(38)34-30(25-12-13-25)23-8-4-2-5-9-23)21-29(39)35-31(26-14-15-26)24-10-6-3-7-11-24/h2-11,17-18,25-27,30-31H,12-16,19-21H2,1H3,(H,34,38)(H,35,39). The first-order valence-corrected chi connectivity index (χ1v) is 14.5. The van der Waals surface area contributed by atoms with E-state index in [9.17, 15) is 9.59 Å². The van der Waals surface area contributed by atoms with Gasteiger partial charge in [-0.3, -0.25) is 19.2 Å². The van der Waals surface area contributed by atoms with Gasteiger partial charge in [0, 0.05) is 18.6 Å². The molecule has 8 heteroatoms. The quantitative estimate of drug-likeness (QED) is 0.284. The Morgan fingerprint density at radius 1 is 0.897 bits per heavy atom. The number of nitrogens with zero attached hydrogens (tertiary/aromatic N) is 3. The monoisotopic (exact) mass is 547 g/mol. The van der Waals surface area contributed by atoms with Gasteiger partial charge in [-0.25, -0.2) is 0 Å². The van der Waals surface area contributed by atoms with E-state index < -0.39 is 0 Å². The van der Waals surface area contributed by atoms with Crippen LogP contribution in [0.4, 0.5) is 0 Å². The summed E-state index contributed by atoms with van der Waals surface area (Å²) in [4.78, 5) is 28.7. The van der Waals surface area contributed by atoms with Gasteiger partial charge in [-0.2, -0.15) is 5.10 Å². The van der Waals surface area contributed by atoms with Crippen LogP contribution >= 0.6 is 11.6 Å². The molecule has 2 aliphatic carbocycles. The van der Waals surface area contributed by atoms with E-state index in [4.69, 9.17) is 11.6 Å². The SMILES string of the molecule is Cc1cnn(C(CCl)CN(CC(=O)NC(c2ccccc2)C2CC2)CC(=O)NC(c2ccccc2)C2CC2)c1. The Morgan fingerprint density at radius 2 is 1.38 bits per heavy atom. The minimum absolute atomic E-state index is 0.00991. The Labute approximate surface area is 235 Å². The molecule has 0 saturated heterocycles. The molecule has 7 nitrogen and oxygen atoms in total. The maximum atomic E-state index is 13.4. The molecule has 2 N–H and O–H groups in total. The second kappa shape index (κ2) is 12.8. The highest BCUT2D eigenvalue weighted by Crippen LogP contribution is 2.41. The number of hydrogen-bond acceptors (Lipinski definition) is 4. The van der Waals surface area contributed by atoms with Crippen LogP contribution in [0, 0.1) is 18.8 Å². The second-order valence-corrected chi connectivity index (χ2v) is 11.4. The second-order valence-electron chi connectivity index (χ2n) is 11.1. The highest BCUT2D eigenvalue weighted by Gasteiger charge is 2.35. The van der Waals surface area contributed by atoms with Crippen LogP contribution in [-0.4, -0.2) is 52.0 Å². The Balaban J connectivity index is 1.28. The van der Waals surface area contributed by atoms with Gasteiger partial charge in [0.2, 0.25) is 11.8 Å². The molecular formula is C31H38ClN5O2. The lowest BCUT2D eigenvalue weighted by Crippen LogP contribution is -2.46. The number of aryl methyl sites for hydroxylation is 1. The van der Waals surface area contributed by atoms with Gasteiger partial charge in [0.05, 0.1) is 37.4 Å². The van der Waals surface area contributed by atoms with Gasteiger partial charge in [0.25, 0.3) is 0 Å². The van der Waals surface area contributed by atoms with Crippen LogP contribution in [0.25, 0.3) is 0 Å². The molecule has 39 heavy (non-hydrogen) atoms. The molecule has 1 aromatic heterocycles. The average molecular weight is 548 g/mol. The molecule has 2 saturated carbocycles. The zero-order valence-corrected chi connectivity index (χ0v) is 23.3. The molecule has 0 radical (unpaired) electrons. The predicted molar refractivity (Wildman–Crippen MR) is 153 cm³/mol. The fraction of sp³-hybridized carbons (Fsp3) is 0.452. The van der Waals surface area contributed by atoms with E-state index in [1.807, 2.05) is 59.1 Å². The van der Waals surface area contributed by atoms with Crippen molar-refractivity contribution < 1.29 is 9.59 Å². The molecule has 5 rings (SSSR count). The van der Waals surface area contributed by atoms with Gasteiger partial charge in [0.15, 0.2) is 0 Å². The van der Waals surface area contributed by atoms with E-state index >= 15 is 0 Å². The number of hydrogen-bond donors (Lipinski definition) is 2. The Kier molecular flexibility index (Phi) is 8.99. The smallest absolute Gasteiger partial charge is 0.234 e. The zero-order valence-electron chi connectivity index (χ0n) is 22.5. The molecule has 2 fully saturated rings. The van der Waals surface area contributed by atoms with E-state index in [1.54, 1.807) is 6.20 Å². The van der Waals surface area contributed by atoms with Gasteiger partial charge in [-0.1, -0.05) is 60.7 Å². The molecule has 1 heterocycles. The fourth-order valence-corrected chi connectivity index (χ4v) is 5.53. The molecule has 2 amide bonds. The van der Waals surface area contributed by atoms with Gasteiger partial charge >= 0.3 is 0 Å². The van der Waals surface area contributed by atoms with Crippen molar-refractivity contribution in [3.8, 4) is 0 Å². The van der Waals surface area contributed by atoms with Gasteiger partial charge in [0.1, 0.15) is 0 Å². The van der Waals surface area contributed by atoms with Crippen molar-refractivity contribution in [2.24, 2.45) is 11.8 Å². The number of rotatable bonds is 14. The van der Waals surface area contributed by atoms with E-state index in [2.05, 4.69) is 40.0 Å². The van der Waals surface area contributed by atoms with Gasteiger partial charge < -0.3 is 10.6 Å². The third-order valence-electron chi connectivity index (χ3n) is 7.62. The van der Waals surface area contributed by atoms with Gasteiger partial charge in [-0.15, -0.1) is 11.6 Å². The summed E-state index contributed by atoms with van der Waals surface area (Å²) < 4.78 is 1.83. The minimum atomic E-state index is -0.164. The lowest BCUT2D eigenvalue weighted by atomic mass is 10.0. The molecule has 3 unspecified atom stereocenters. The number of benzene rings is 2. The number of carbonyl (C=O) groups excluding carboxylic acids is 2. The summed E-state index contributed by atoms with van der Waals surface area (Å²) in [5, 5.41) is 11.0. The maximum absolute atomic E-state index is 13.4. The van der Waals surface area contributed by atoms with Crippen molar-refractivity contribution in [2.45, 2.75) is 50.7 Å². The van der Waals surface area contributed by atoms with Crippen molar-refractivity contribution in [2.75, 3.05) is 25.5 Å². The van der Waals surface area contributed by atoms with Crippen molar-refractivity contribution in [3.05, 3.63) is 89.7 Å². The first kappa shape index (κ1) is 27.4. The molecule has 2 aliphatic rings. The van der Waals surface area contributed by atoms with Crippen LogP contribution in [0.1, 0.15) is 60.5 Å². The topological polar surface area (TPSA) is 79.3 Å². The lowest BCUT2D eigenvalue weighted by Gasteiger charge is -2.28. The number of aromatic nitrogens is 2. The third kappa shape index (κ3) is 7.70. The number of carbonyl (C=O) groups is 2. The first-order chi connectivity index (χ1) is 19.0. The summed E-state index contributed by atoms with van der Waals surface area (Å²) in [6, 6.07) is 20.1. The highest BCUT2D eigenvalue weighted by molar-refractivity contribution is 6.18. The minimum Gasteiger partial charge on any atom is -0.348 e. The normalized spacial score (nSPS) is 17.4. The molecule has 206 valence electrons. The van der Waals surface area contributed by atoms with Crippen LogP contribution in [-0.2, 0) is 9.59 Å². The third-order valence-corrected chi connectivity index (χ3v) is 7.98. The summed E-state index contributed by atoms with van der Waals surface area (Å²) in [6.45, 7) is 2.63. The lowest BCUT2D eigenvalue weighted by molar-refractivity contribution is -0.126. The Bertz CT molecular complexity index is 1150. The number of halogens is 1. The molecule has 0 bridgehead atoms. The van der Waals surface area contributed by atoms with Crippen molar-refractivity contribution in [3.63, 3.8) is 0 Å². The number of nitrogens with one attached hydrogen (secondary N) is 2. The first-order valence-electron chi connectivity index (χ1n) is 14.0. The summed E-state index contributed by atoms with van der Waals surface area (Å²) in [6.07, 6.45) is 8.19. The van der Waals surface area contributed by atoms with Crippen LogP contribution in [0.15, 0.2) is 73.1 Å². The highest BCUT2D eigenvalue weighted by atomic mass is 35.5. The van der Waals surface area contributed by atoms with E-state index in [0.29, 0.717) is 24.3 Å². The summed E-state index contributed by atoms with van der Waals surface area (Å²) in [5.74, 6) is 1.07. The Hall–Kier alpha value is -3.16. The van der Waals surface area contributed by atoms with Crippen molar-refractivity contribution in [1.82, 2.24) is 25.3 Å². The van der Waals surface area contributed by atoms with Crippen LogP contribution < -0.4 is 10.6 Å². The van der Waals surface area contributed by atoms with Crippen LogP contribution in [0.3, 0.4) is 0 Å². The van der Waals surface area contributed by atoms with Crippen LogP contribution in [0.2, 0.25) is 0 Å². The van der Waals surface area contributed by atoms with Gasteiger partial charge in [-0.05, 0) is 61.1 Å². The zero-order chi connectivity index (χ0) is 27.2. The van der Waals surface area contributed by atoms with E-state index in [-0.39, 0.29) is 43.0 Å². The fourth-order valence-electron chi connectivity index (χ4n) is 5.29. The summed E-state index contributed by atoms with van der Waals surface area (Å²) >= 11 is 6.37. The molecule has 3 aromatic rings. The average Bonchev–Trinajstić information content (AvgIpc) is 3.88.